The summed E-state index contributed by atoms with van der Waals surface area (Å²) in [6, 6.07) is 14.7. The van der Waals surface area contributed by atoms with Crippen LogP contribution in [0.15, 0.2) is 48.5 Å². The van der Waals surface area contributed by atoms with Gasteiger partial charge in [-0.1, -0.05) is 47.4 Å². The molecule has 0 aromatic heterocycles. The summed E-state index contributed by atoms with van der Waals surface area (Å²) in [4.78, 5) is 0. The maximum absolute atomic E-state index is 5.64. The molecule has 1 aliphatic carbocycles. The highest BCUT2D eigenvalue weighted by Gasteiger charge is 2.20. The van der Waals surface area contributed by atoms with Crippen LogP contribution < -0.4 is 37.9 Å². The number of benzene rings is 4. The molecule has 0 spiro atoms. The Morgan fingerprint density at radius 1 is 0.250 bits per heavy atom. The molecule has 4 aromatic carbocycles. The van der Waals surface area contributed by atoms with Gasteiger partial charge >= 0.3 is 0 Å². The topological polar surface area (TPSA) is 73.8 Å². The molecule has 0 saturated heterocycles. The van der Waals surface area contributed by atoms with E-state index < -0.39 is 0 Å². The summed E-state index contributed by atoms with van der Waals surface area (Å²) in [5.74, 6) is 31.1. The van der Waals surface area contributed by atoms with Crippen LogP contribution in [0, 0.1) is 47.4 Å². The van der Waals surface area contributed by atoms with E-state index in [9.17, 15) is 0 Å². The highest BCUT2D eigenvalue weighted by atomic mass is 16.7. The van der Waals surface area contributed by atoms with Crippen molar-refractivity contribution in [2.24, 2.45) is 0 Å². The Morgan fingerprint density at radius 2 is 0.386 bits per heavy atom. The quantitative estimate of drug-likeness (QED) is 0.250. The normalized spacial score (nSPS) is 14.5. The molecule has 4 aliphatic heterocycles. The first kappa shape index (κ1) is 24.2. The van der Waals surface area contributed by atoms with Crippen LogP contribution in [0.5, 0.6) is 46.0 Å². The molecule has 5 aliphatic rings. The first-order chi connectivity index (χ1) is 21.7. The Morgan fingerprint density at radius 3 is 0.523 bits per heavy atom. The summed E-state index contributed by atoms with van der Waals surface area (Å²) in [6.45, 7) is 0.512. The van der Waals surface area contributed by atoms with Crippen molar-refractivity contribution in [3.05, 3.63) is 93.0 Å². The minimum atomic E-state index is 0.128. The molecule has 4 heterocycles. The van der Waals surface area contributed by atoms with Crippen LogP contribution in [0.3, 0.4) is 0 Å². The van der Waals surface area contributed by atoms with Gasteiger partial charge in [-0.25, -0.2) is 0 Å². The van der Waals surface area contributed by atoms with Gasteiger partial charge in [0.1, 0.15) is 0 Å². The molecule has 0 saturated carbocycles. The van der Waals surface area contributed by atoms with Crippen molar-refractivity contribution in [3.8, 4) is 93.4 Å². The monoisotopic (exact) mass is 576 g/mol. The summed E-state index contributed by atoms with van der Waals surface area (Å²) in [5.41, 5.74) is 5.31. The Hall–Kier alpha value is -6.48. The minimum Gasteiger partial charge on any atom is -0.454 e. The SMILES string of the molecule is C1#Cc2cc3c(cc2C#Cc2cc4c(cc2C#Cc2cc5c(cc2C#Cc2cc6c(cc21)OCO6)OCO5)OCO4)OCO3. The molecule has 0 unspecified atom stereocenters. The molecular weight excluding hydrogens is 560 g/mol. The number of rotatable bonds is 0. The first-order valence-corrected chi connectivity index (χ1v) is 13.6. The minimum absolute atomic E-state index is 0.128. The number of hydrogen-bond donors (Lipinski definition) is 0. The van der Waals surface area contributed by atoms with Crippen LogP contribution in [0.4, 0.5) is 0 Å². The largest absolute Gasteiger partial charge is 0.454 e. The molecule has 0 N–H and O–H groups in total. The van der Waals surface area contributed by atoms with Gasteiger partial charge in [-0.3, -0.25) is 0 Å². The first-order valence-electron chi connectivity index (χ1n) is 13.6. The zero-order valence-corrected chi connectivity index (χ0v) is 22.7. The van der Waals surface area contributed by atoms with E-state index in [1.807, 2.05) is 48.5 Å². The van der Waals surface area contributed by atoms with Crippen molar-refractivity contribution >= 4 is 0 Å². The fraction of sp³-hybridized carbons (Fsp3) is 0.111. The lowest BCUT2D eigenvalue weighted by atomic mass is 10.0. The van der Waals surface area contributed by atoms with Gasteiger partial charge in [0.25, 0.3) is 0 Å². The van der Waals surface area contributed by atoms with Crippen LogP contribution in [-0.4, -0.2) is 27.2 Å². The van der Waals surface area contributed by atoms with Crippen molar-refractivity contribution in [1.29, 1.82) is 0 Å². The molecule has 0 bridgehead atoms. The standard InChI is InChI=1S/C36H16O8/c1-2-22-10-30-32(40-18-38-30)12-24(22)5-6-26-14-34-36(44-20-42-34)16-28(26)8-7-27-15-35-33(41-19-43-35)13-25(27)4-3-23-11-31-29(9-21(1)23)37-17-39-31/h9-16H,17-20H2. The predicted octanol–water partition coefficient (Wildman–Crippen LogP) is 4.51. The van der Waals surface area contributed by atoms with Crippen molar-refractivity contribution in [1.82, 2.24) is 0 Å². The van der Waals surface area contributed by atoms with Gasteiger partial charge in [0, 0.05) is 93.0 Å². The summed E-state index contributed by atoms with van der Waals surface area (Å²) < 4.78 is 45.1. The second-order valence-corrected chi connectivity index (χ2v) is 10.0. The molecule has 0 radical (unpaired) electrons. The summed E-state index contributed by atoms with van der Waals surface area (Å²) >= 11 is 0. The number of ether oxygens (including phenoxy) is 8. The Labute approximate surface area is 251 Å². The lowest BCUT2D eigenvalue weighted by molar-refractivity contribution is 0.173. The average molecular weight is 577 g/mol. The highest BCUT2D eigenvalue weighted by molar-refractivity contribution is 5.68. The molecule has 9 rings (SSSR count). The molecule has 4 aromatic rings. The van der Waals surface area contributed by atoms with Crippen molar-refractivity contribution in [2.45, 2.75) is 0 Å². The zero-order valence-electron chi connectivity index (χ0n) is 22.7. The van der Waals surface area contributed by atoms with Crippen molar-refractivity contribution in [2.75, 3.05) is 27.2 Å². The molecule has 0 amide bonds. The summed E-state index contributed by atoms with van der Waals surface area (Å²) in [7, 11) is 0. The predicted molar refractivity (Wildman–Crippen MR) is 154 cm³/mol. The summed E-state index contributed by atoms with van der Waals surface area (Å²) in [6.07, 6.45) is 0. The van der Waals surface area contributed by atoms with E-state index in [1.54, 1.807) is 0 Å². The third-order valence-corrected chi connectivity index (χ3v) is 7.38. The molecule has 8 heteroatoms. The maximum Gasteiger partial charge on any atom is 0.231 e. The van der Waals surface area contributed by atoms with Gasteiger partial charge in [-0.15, -0.1) is 0 Å². The lowest BCUT2D eigenvalue weighted by Crippen LogP contribution is -1.92. The molecule has 0 fully saturated rings. The van der Waals surface area contributed by atoms with Crippen molar-refractivity contribution < 1.29 is 37.9 Å². The number of fused-ring (bicyclic) bond motifs is 8. The van der Waals surface area contributed by atoms with E-state index >= 15 is 0 Å². The molecular formula is C36H16O8. The molecule has 44 heavy (non-hydrogen) atoms. The van der Waals surface area contributed by atoms with Gasteiger partial charge in [-0.2, -0.15) is 0 Å². The van der Waals surface area contributed by atoms with Gasteiger partial charge in [0.05, 0.1) is 0 Å². The molecule has 208 valence electrons. The lowest BCUT2D eigenvalue weighted by Gasteiger charge is -2.05. The van der Waals surface area contributed by atoms with Crippen LogP contribution in [0.2, 0.25) is 0 Å². The second kappa shape index (κ2) is 9.53. The van der Waals surface area contributed by atoms with Gasteiger partial charge in [0.2, 0.25) is 27.2 Å². The summed E-state index contributed by atoms with van der Waals surface area (Å²) in [5, 5.41) is 0. The Bertz CT molecular complexity index is 1760. The van der Waals surface area contributed by atoms with Gasteiger partial charge in [0.15, 0.2) is 46.0 Å². The van der Waals surface area contributed by atoms with E-state index in [2.05, 4.69) is 47.4 Å². The highest BCUT2D eigenvalue weighted by Crippen LogP contribution is 2.38. The fourth-order valence-electron chi connectivity index (χ4n) is 5.13. The van der Waals surface area contributed by atoms with E-state index in [-0.39, 0.29) is 27.2 Å². The van der Waals surface area contributed by atoms with Gasteiger partial charge < -0.3 is 37.9 Å². The second-order valence-electron chi connectivity index (χ2n) is 10.0. The zero-order chi connectivity index (χ0) is 29.0. The van der Waals surface area contributed by atoms with Crippen molar-refractivity contribution in [3.63, 3.8) is 0 Å². The van der Waals surface area contributed by atoms with Crippen LogP contribution in [0.1, 0.15) is 44.5 Å². The Balaban J connectivity index is 1.30. The smallest absolute Gasteiger partial charge is 0.231 e. The third kappa shape index (κ3) is 4.11. The van der Waals surface area contributed by atoms with Crippen LogP contribution in [-0.2, 0) is 0 Å². The van der Waals surface area contributed by atoms with Gasteiger partial charge in [-0.05, 0) is 0 Å². The van der Waals surface area contributed by atoms with E-state index in [0.29, 0.717) is 90.5 Å². The average Bonchev–Trinajstić information content (AvgIpc) is 3.86. The molecule has 8 nitrogen and oxygen atoms in total. The molecule has 0 atom stereocenters. The fourth-order valence-corrected chi connectivity index (χ4v) is 5.13. The number of hydrogen-bond acceptors (Lipinski definition) is 8. The van der Waals surface area contributed by atoms with Crippen LogP contribution >= 0.6 is 0 Å². The van der Waals surface area contributed by atoms with E-state index in [1.165, 1.54) is 0 Å². The maximum atomic E-state index is 5.64. The van der Waals surface area contributed by atoms with E-state index in [4.69, 9.17) is 37.9 Å². The Kier molecular flexibility index (Phi) is 5.23. The van der Waals surface area contributed by atoms with E-state index in [0.717, 1.165) is 0 Å². The third-order valence-electron chi connectivity index (χ3n) is 7.38. The van der Waals surface area contributed by atoms with Crippen LogP contribution in [0.25, 0.3) is 0 Å².